The van der Waals surface area contributed by atoms with Crippen LogP contribution in [0.2, 0.25) is 0 Å². The molecular weight excluding hydrogens is 297 g/mol. The van der Waals surface area contributed by atoms with Gasteiger partial charge in [-0.1, -0.05) is 18.2 Å². The van der Waals surface area contributed by atoms with Crippen LogP contribution in [0.15, 0.2) is 24.3 Å². The Labute approximate surface area is 136 Å². The van der Waals surface area contributed by atoms with Crippen molar-refractivity contribution < 1.29 is 19.0 Å². The lowest BCUT2D eigenvalue weighted by Gasteiger charge is -2.38. The van der Waals surface area contributed by atoms with E-state index in [4.69, 9.17) is 4.74 Å². The molecule has 5 heteroatoms. The van der Waals surface area contributed by atoms with Crippen molar-refractivity contribution in [2.24, 2.45) is 11.8 Å². The number of ether oxygens (including phenoxy) is 1. The van der Waals surface area contributed by atoms with E-state index >= 15 is 0 Å². The number of carbonyl (C=O) groups excluding carboxylic acids is 1. The molecule has 2 aliphatic heterocycles. The number of carbonyl (C=O) groups is 1. The summed E-state index contributed by atoms with van der Waals surface area (Å²) in [5.74, 6) is -0.0539. The largest absolute Gasteiger partial charge is 0.391 e. The molecule has 0 bridgehead atoms. The first-order chi connectivity index (χ1) is 11.1. The molecule has 2 saturated heterocycles. The first-order valence-electron chi connectivity index (χ1n) is 8.43. The second kappa shape index (κ2) is 7.41. The minimum Gasteiger partial charge on any atom is -0.391 e. The van der Waals surface area contributed by atoms with Crippen LogP contribution in [0.1, 0.15) is 24.8 Å². The summed E-state index contributed by atoms with van der Waals surface area (Å²) in [5, 5.41) is 10.4. The van der Waals surface area contributed by atoms with Crippen molar-refractivity contribution in [3.8, 4) is 0 Å². The van der Waals surface area contributed by atoms with Gasteiger partial charge in [0, 0.05) is 32.2 Å². The third kappa shape index (κ3) is 3.90. The number of aliphatic hydroxyl groups is 1. The van der Waals surface area contributed by atoms with Crippen molar-refractivity contribution in [2.45, 2.75) is 31.8 Å². The fraction of sp³-hybridized carbons (Fsp3) is 0.611. The molecular formula is C18H24FNO3. The average molecular weight is 321 g/mol. The fourth-order valence-corrected chi connectivity index (χ4v) is 3.57. The molecule has 4 nitrogen and oxygen atoms in total. The Morgan fingerprint density at radius 3 is 2.70 bits per heavy atom. The van der Waals surface area contributed by atoms with Crippen LogP contribution in [0.4, 0.5) is 4.39 Å². The summed E-state index contributed by atoms with van der Waals surface area (Å²) in [6.07, 6.45) is 2.18. The first kappa shape index (κ1) is 16.4. The van der Waals surface area contributed by atoms with Gasteiger partial charge in [0.2, 0.25) is 5.91 Å². The summed E-state index contributed by atoms with van der Waals surface area (Å²) < 4.78 is 19.1. The lowest BCUT2D eigenvalue weighted by molar-refractivity contribution is -0.143. The van der Waals surface area contributed by atoms with Gasteiger partial charge in [-0.15, -0.1) is 0 Å². The van der Waals surface area contributed by atoms with Gasteiger partial charge in [-0.3, -0.25) is 4.79 Å². The van der Waals surface area contributed by atoms with E-state index < -0.39 is 6.10 Å². The summed E-state index contributed by atoms with van der Waals surface area (Å²) in [4.78, 5) is 14.3. The number of piperidine rings is 1. The zero-order valence-electron chi connectivity index (χ0n) is 13.3. The Morgan fingerprint density at radius 1 is 1.26 bits per heavy atom. The SMILES string of the molecule is O=C(C1CCOCC1)N1CC[C@H](Cc2ccccc2F)[C@@H](O)C1. The first-order valence-corrected chi connectivity index (χ1v) is 8.43. The summed E-state index contributed by atoms with van der Waals surface area (Å²) in [6, 6.07) is 6.70. The highest BCUT2D eigenvalue weighted by Gasteiger charge is 2.33. The molecule has 1 N–H and O–H groups in total. The van der Waals surface area contributed by atoms with Crippen LogP contribution in [0, 0.1) is 17.7 Å². The van der Waals surface area contributed by atoms with Crippen LogP contribution in [-0.2, 0) is 16.0 Å². The number of nitrogens with zero attached hydrogens (tertiary/aromatic N) is 1. The summed E-state index contributed by atoms with van der Waals surface area (Å²) in [7, 11) is 0. The number of benzene rings is 1. The van der Waals surface area contributed by atoms with Gasteiger partial charge in [-0.05, 0) is 43.2 Å². The molecule has 2 heterocycles. The maximum absolute atomic E-state index is 13.8. The number of halogens is 1. The Bertz CT molecular complexity index is 545. The molecule has 1 amide bonds. The van der Waals surface area contributed by atoms with Gasteiger partial charge in [0.05, 0.1) is 6.10 Å². The van der Waals surface area contributed by atoms with E-state index in [1.165, 1.54) is 6.07 Å². The molecule has 2 atom stereocenters. The molecule has 0 aromatic heterocycles. The second-order valence-corrected chi connectivity index (χ2v) is 6.58. The quantitative estimate of drug-likeness (QED) is 0.926. The van der Waals surface area contributed by atoms with Crippen LogP contribution in [0.25, 0.3) is 0 Å². The highest BCUT2D eigenvalue weighted by atomic mass is 19.1. The van der Waals surface area contributed by atoms with Gasteiger partial charge in [0.1, 0.15) is 5.82 Å². The zero-order chi connectivity index (χ0) is 16.2. The Morgan fingerprint density at radius 2 is 2.00 bits per heavy atom. The fourth-order valence-electron chi connectivity index (χ4n) is 3.57. The van der Waals surface area contributed by atoms with Crippen molar-refractivity contribution in [1.29, 1.82) is 0 Å². The molecule has 3 rings (SSSR count). The van der Waals surface area contributed by atoms with Gasteiger partial charge in [0.25, 0.3) is 0 Å². The smallest absolute Gasteiger partial charge is 0.225 e. The number of hydrogen-bond donors (Lipinski definition) is 1. The van der Waals surface area contributed by atoms with Gasteiger partial charge >= 0.3 is 0 Å². The maximum atomic E-state index is 13.8. The minimum atomic E-state index is -0.591. The van der Waals surface area contributed by atoms with Gasteiger partial charge in [-0.25, -0.2) is 4.39 Å². The Kier molecular flexibility index (Phi) is 5.28. The third-order valence-electron chi connectivity index (χ3n) is 5.04. The molecule has 0 saturated carbocycles. The van der Waals surface area contributed by atoms with E-state index in [9.17, 15) is 14.3 Å². The lowest BCUT2D eigenvalue weighted by Crippen LogP contribution is -2.49. The van der Waals surface area contributed by atoms with Gasteiger partial charge in [0.15, 0.2) is 0 Å². The monoisotopic (exact) mass is 321 g/mol. The van der Waals surface area contributed by atoms with Crippen LogP contribution < -0.4 is 0 Å². The summed E-state index contributed by atoms with van der Waals surface area (Å²) >= 11 is 0. The van der Waals surface area contributed by atoms with Crippen LogP contribution in [-0.4, -0.2) is 48.3 Å². The number of hydrogen-bond acceptors (Lipinski definition) is 3. The van der Waals surface area contributed by atoms with E-state index in [0.29, 0.717) is 44.7 Å². The second-order valence-electron chi connectivity index (χ2n) is 6.58. The van der Waals surface area contributed by atoms with Crippen molar-refractivity contribution in [3.63, 3.8) is 0 Å². The standard InChI is InChI=1S/C18H24FNO3/c19-16-4-2-1-3-14(16)11-15-5-8-20(12-17(15)21)18(22)13-6-9-23-10-7-13/h1-4,13,15,17,21H,5-12H2/t15-,17+/m1/s1. The maximum Gasteiger partial charge on any atom is 0.225 e. The topological polar surface area (TPSA) is 49.8 Å². The highest BCUT2D eigenvalue weighted by Crippen LogP contribution is 2.26. The number of β-amino-alcohol motifs (C(OH)–C–C–N with tert-alkyl or cyclic N) is 1. The van der Waals surface area contributed by atoms with E-state index in [1.807, 2.05) is 6.07 Å². The molecule has 2 fully saturated rings. The number of aliphatic hydroxyl groups excluding tert-OH is 1. The van der Waals surface area contributed by atoms with Crippen LogP contribution >= 0.6 is 0 Å². The molecule has 0 radical (unpaired) electrons. The molecule has 1 aromatic carbocycles. The van der Waals surface area contributed by atoms with E-state index in [1.54, 1.807) is 17.0 Å². The number of likely N-dealkylation sites (tertiary alicyclic amines) is 1. The Balaban J connectivity index is 1.56. The van der Waals surface area contributed by atoms with Crippen molar-refractivity contribution >= 4 is 5.91 Å². The number of rotatable bonds is 3. The molecule has 1 aromatic rings. The van der Waals surface area contributed by atoms with Crippen molar-refractivity contribution in [3.05, 3.63) is 35.6 Å². The molecule has 0 aliphatic carbocycles. The molecule has 2 aliphatic rings. The van der Waals surface area contributed by atoms with Crippen molar-refractivity contribution in [1.82, 2.24) is 4.90 Å². The van der Waals surface area contributed by atoms with E-state index in [-0.39, 0.29) is 23.6 Å². The lowest BCUT2D eigenvalue weighted by atomic mass is 9.87. The predicted octanol–water partition coefficient (Wildman–Crippen LogP) is 2.00. The van der Waals surface area contributed by atoms with E-state index in [0.717, 1.165) is 12.8 Å². The zero-order valence-corrected chi connectivity index (χ0v) is 13.3. The molecule has 23 heavy (non-hydrogen) atoms. The summed E-state index contributed by atoms with van der Waals surface area (Å²) in [5.41, 5.74) is 0.640. The summed E-state index contributed by atoms with van der Waals surface area (Å²) in [6.45, 7) is 2.28. The normalized spacial score (nSPS) is 26.3. The molecule has 126 valence electrons. The minimum absolute atomic E-state index is 0.00522. The molecule has 0 spiro atoms. The third-order valence-corrected chi connectivity index (χ3v) is 5.04. The van der Waals surface area contributed by atoms with Gasteiger partial charge < -0.3 is 14.7 Å². The van der Waals surface area contributed by atoms with Crippen LogP contribution in [0.5, 0.6) is 0 Å². The number of amides is 1. The Hall–Kier alpha value is -1.46. The predicted molar refractivity (Wildman–Crippen MR) is 84.3 cm³/mol. The van der Waals surface area contributed by atoms with E-state index in [2.05, 4.69) is 0 Å². The van der Waals surface area contributed by atoms with Gasteiger partial charge in [-0.2, -0.15) is 0 Å². The van der Waals surface area contributed by atoms with Crippen LogP contribution in [0.3, 0.4) is 0 Å². The van der Waals surface area contributed by atoms with Crippen molar-refractivity contribution in [2.75, 3.05) is 26.3 Å². The molecule has 0 unspecified atom stereocenters. The highest BCUT2D eigenvalue weighted by molar-refractivity contribution is 5.79. The average Bonchev–Trinajstić information content (AvgIpc) is 2.58.